The second-order valence-corrected chi connectivity index (χ2v) is 16.4. The molecule has 0 aliphatic rings. The Morgan fingerprint density at radius 1 is 0.720 bits per heavy atom. The average Bonchev–Trinajstić information content (AvgIpc) is 2.51. The Labute approximate surface area is 159 Å². The van der Waals surface area contributed by atoms with Crippen molar-refractivity contribution < 1.29 is 13.6 Å². The largest absolute Gasteiger partial charge is 0.331 e. The second kappa shape index (κ2) is 14.4. The quantitative estimate of drug-likeness (QED) is 0.144. The standard InChI is InChI=1S/C20H45O3PSi/c1-7-10-11-12-13-14-15-16-17-18-19-20(25(4,5)6)24(21,22-8-2)23-9-3/h20H,7-19H2,1-6H3. The summed E-state index contributed by atoms with van der Waals surface area (Å²) in [5.41, 5.74) is 0. The minimum atomic E-state index is -2.97. The van der Waals surface area contributed by atoms with Gasteiger partial charge in [0.15, 0.2) is 0 Å². The van der Waals surface area contributed by atoms with Crippen LogP contribution in [-0.4, -0.2) is 26.6 Å². The van der Waals surface area contributed by atoms with E-state index in [2.05, 4.69) is 26.6 Å². The van der Waals surface area contributed by atoms with Crippen molar-refractivity contribution in [3.05, 3.63) is 0 Å². The summed E-state index contributed by atoms with van der Waals surface area (Å²) in [6.07, 6.45) is 14.3. The van der Waals surface area contributed by atoms with Crippen LogP contribution in [0.15, 0.2) is 0 Å². The van der Waals surface area contributed by atoms with Crippen molar-refractivity contribution in [2.75, 3.05) is 13.2 Å². The van der Waals surface area contributed by atoms with E-state index in [1.807, 2.05) is 13.8 Å². The average molecular weight is 393 g/mol. The van der Waals surface area contributed by atoms with Crippen molar-refractivity contribution in [2.24, 2.45) is 0 Å². The maximum atomic E-state index is 13.2. The highest BCUT2D eigenvalue weighted by molar-refractivity contribution is 7.58. The molecule has 0 aliphatic carbocycles. The Hall–Kier alpha value is 0.367. The Kier molecular flexibility index (Phi) is 14.6. The third-order valence-electron chi connectivity index (χ3n) is 4.83. The minimum Gasteiger partial charge on any atom is -0.309 e. The lowest BCUT2D eigenvalue weighted by molar-refractivity contribution is 0.216. The fourth-order valence-electron chi connectivity index (χ4n) is 3.47. The van der Waals surface area contributed by atoms with Crippen LogP contribution < -0.4 is 0 Å². The van der Waals surface area contributed by atoms with Crippen LogP contribution in [0.2, 0.25) is 19.6 Å². The normalized spacial score (nSPS) is 14.0. The molecule has 0 radical (unpaired) electrons. The molecule has 1 unspecified atom stereocenters. The summed E-state index contributed by atoms with van der Waals surface area (Å²) in [6, 6.07) is 0. The van der Waals surface area contributed by atoms with Crippen LogP contribution >= 0.6 is 7.60 Å². The summed E-state index contributed by atoms with van der Waals surface area (Å²) in [6.45, 7) is 13.9. The molecule has 0 spiro atoms. The molecule has 0 aromatic rings. The van der Waals surface area contributed by atoms with Gasteiger partial charge in [-0.2, -0.15) is 0 Å². The highest BCUT2D eigenvalue weighted by atomic mass is 31.2. The van der Waals surface area contributed by atoms with E-state index in [0.717, 1.165) is 12.8 Å². The van der Waals surface area contributed by atoms with E-state index in [4.69, 9.17) is 9.05 Å². The van der Waals surface area contributed by atoms with E-state index < -0.39 is 15.7 Å². The molecule has 3 nitrogen and oxygen atoms in total. The SMILES string of the molecule is CCCCCCCCCCCCC([Si](C)(C)C)P(=O)(OCC)OCC. The predicted molar refractivity (Wildman–Crippen MR) is 114 cm³/mol. The first-order valence-electron chi connectivity index (χ1n) is 10.7. The highest BCUT2D eigenvalue weighted by Crippen LogP contribution is 2.57. The van der Waals surface area contributed by atoms with Gasteiger partial charge in [-0.05, 0) is 20.3 Å². The van der Waals surface area contributed by atoms with Gasteiger partial charge < -0.3 is 9.05 Å². The minimum absolute atomic E-state index is 0.119. The van der Waals surface area contributed by atoms with Crippen LogP contribution in [0.5, 0.6) is 0 Å². The molecule has 0 saturated heterocycles. The molecule has 0 aliphatic heterocycles. The van der Waals surface area contributed by atoms with Gasteiger partial charge in [-0.3, -0.25) is 4.57 Å². The van der Waals surface area contributed by atoms with Gasteiger partial charge >= 0.3 is 7.60 Å². The fourth-order valence-corrected chi connectivity index (χ4v) is 10.4. The summed E-state index contributed by atoms with van der Waals surface area (Å²) in [5, 5.41) is 0.119. The monoisotopic (exact) mass is 392 g/mol. The Morgan fingerprint density at radius 3 is 1.48 bits per heavy atom. The zero-order chi connectivity index (χ0) is 19.2. The zero-order valence-corrected chi connectivity index (χ0v) is 19.8. The van der Waals surface area contributed by atoms with Crippen LogP contribution in [0.4, 0.5) is 0 Å². The van der Waals surface area contributed by atoms with E-state index in [-0.39, 0.29) is 5.28 Å². The number of hydrogen-bond donors (Lipinski definition) is 0. The van der Waals surface area contributed by atoms with Gasteiger partial charge in [-0.25, -0.2) is 0 Å². The predicted octanol–water partition coefficient (Wildman–Crippen LogP) is 7.81. The van der Waals surface area contributed by atoms with Gasteiger partial charge in [-0.1, -0.05) is 90.8 Å². The number of hydrogen-bond acceptors (Lipinski definition) is 3. The molecule has 0 rings (SSSR count). The number of unbranched alkanes of at least 4 members (excludes halogenated alkanes) is 9. The van der Waals surface area contributed by atoms with Crippen molar-refractivity contribution in [2.45, 2.75) is 116 Å². The van der Waals surface area contributed by atoms with Gasteiger partial charge in [0.25, 0.3) is 0 Å². The zero-order valence-electron chi connectivity index (χ0n) is 17.9. The Balaban J connectivity index is 4.20. The molecule has 0 N–H and O–H groups in total. The molecule has 0 heterocycles. The van der Waals surface area contributed by atoms with Crippen molar-refractivity contribution >= 4 is 15.7 Å². The molecule has 0 aromatic carbocycles. The first-order valence-corrected chi connectivity index (χ1v) is 15.9. The summed E-state index contributed by atoms with van der Waals surface area (Å²) in [7, 11) is -4.57. The van der Waals surface area contributed by atoms with Crippen molar-refractivity contribution in [1.29, 1.82) is 0 Å². The second-order valence-electron chi connectivity index (χ2n) is 8.23. The lowest BCUT2D eigenvalue weighted by Gasteiger charge is -2.34. The molecule has 5 heteroatoms. The van der Waals surface area contributed by atoms with Crippen molar-refractivity contribution in [1.82, 2.24) is 0 Å². The lowest BCUT2D eigenvalue weighted by atomic mass is 10.1. The van der Waals surface area contributed by atoms with Gasteiger partial charge in [0.05, 0.1) is 26.6 Å². The van der Waals surface area contributed by atoms with E-state index in [1.165, 1.54) is 57.8 Å². The molecule has 1 atom stereocenters. The van der Waals surface area contributed by atoms with Gasteiger partial charge in [0, 0.05) is 0 Å². The van der Waals surface area contributed by atoms with Gasteiger partial charge in [0.2, 0.25) is 0 Å². The maximum Gasteiger partial charge on any atom is 0.331 e. The van der Waals surface area contributed by atoms with Crippen LogP contribution in [0.25, 0.3) is 0 Å². The molecular weight excluding hydrogens is 347 g/mol. The van der Waals surface area contributed by atoms with Crippen molar-refractivity contribution in [3.8, 4) is 0 Å². The highest BCUT2D eigenvalue weighted by Gasteiger charge is 2.43. The molecule has 0 fully saturated rings. The summed E-state index contributed by atoms with van der Waals surface area (Å²) < 4.78 is 24.6. The Morgan fingerprint density at radius 2 is 1.12 bits per heavy atom. The third kappa shape index (κ3) is 11.6. The summed E-state index contributed by atoms with van der Waals surface area (Å²) in [5.74, 6) is 0. The first-order chi connectivity index (χ1) is 11.8. The van der Waals surface area contributed by atoms with E-state index in [9.17, 15) is 4.57 Å². The first kappa shape index (κ1) is 25.4. The lowest BCUT2D eigenvalue weighted by Crippen LogP contribution is -2.39. The molecule has 0 saturated carbocycles. The van der Waals surface area contributed by atoms with Crippen molar-refractivity contribution in [3.63, 3.8) is 0 Å². The summed E-state index contributed by atoms with van der Waals surface area (Å²) in [4.78, 5) is 0. The van der Waals surface area contributed by atoms with E-state index >= 15 is 0 Å². The topological polar surface area (TPSA) is 35.5 Å². The number of rotatable bonds is 17. The van der Waals surface area contributed by atoms with Crippen LogP contribution in [0.3, 0.4) is 0 Å². The van der Waals surface area contributed by atoms with Crippen LogP contribution in [0.1, 0.15) is 91.4 Å². The van der Waals surface area contributed by atoms with E-state index in [0.29, 0.717) is 13.2 Å². The Bertz CT molecular complexity index is 345. The van der Waals surface area contributed by atoms with Gasteiger partial charge in [-0.15, -0.1) is 0 Å². The maximum absolute atomic E-state index is 13.2. The molecule has 0 amide bonds. The smallest absolute Gasteiger partial charge is 0.309 e. The van der Waals surface area contributed by atoms with Gasteiger partial charge in [0.1, 0.15) is 0 Å². The van der Waals surface area contributed by atoms with Crippen LogP contribution in [-0.2, 0) is 13.6 Å². The third-order valence-corrected chi connectivity index (χ3v) is 12.6. The van der Waals surface area contributed by atoms with Crippen LogP contribution in [0, 0.1) is 0 Å². The molecule has 0 aromatic heterocycles. The molecule has 25 heavy (non-hydrogen) atoms. The fraction of sp³-hybridized carbons (Fsp3) is 1.00. The molecule has 152 valence electrons. The van der Waals surface area contributed by atoms with E-state index in [1.54, 1.807) is 0 Å². The molecular formula is C20H45O3PSi. The summed E-state index contributed by atoms with van der Waals surface area (Å²) >= 11 is 0. The molecule has 0 bridgehead atoms.